The number of aromatic nitrogens is 1. The molecule has 4 nitrogen and oxygen atoms in total. The first kappa shape index (κ1) is 14.9. The number of halogens is 1. The molecule has 2 N–H and O–H groups in total. The normalized spacial score (nSPS) is 22.8. The summed E-state index contributed by atoms with van der Waals surface area (Å²) >= 11 is 0. The highest BCUT2D eigenvalue weighted by atomic mass is 19.1. The number of amides is 1. The first-order valence-electron chi connectivity index (χ1n) is 7.61. The molecule has 1 aromatic heterocycles. The molecule has 2 atom stereocenters. The molecule has 5 heteroatoms. The van der Waals surface area contributed by atoms with Crippen LogP contribution >= 0.6 is 0 Å². The third-order valence-corrected chi connectivity index (χ3v) is 4.54. The summed E-state index contributed by atoms with van der Waals surface area (Å²) in [7, 11) is 0. The van der Waals surface area contributed by atoms with E-state index in [9.17, 15) is 9.18 Å². The van der Waals surface area contributed by atoms with Crippen LogP contribution in [0.4, 0.5) is 4.39 Å². The average molecular weight is 301 g/mol. The summed E-state index contributed by atoms with van der Waals surface area (Å²) in [5.74, 6) is -0.630. The van der Waals surface area contributed by atoms with E-state index < -0.39 is 0 Å². The van der Waals surface area contributed by atoms with E-state index in [-0.39, 0.29) is 17.6 Å². The molecule has 1 amide bonds. The van der Waals surface area contributed by atoms with Crippen molar-refractivity contribution in [2.24, 2.45) is 11.7 Å². The number of benzene rings is 1. The summed E-state index contributed by atoms with van der Waals surface area (Å²) in [6, 6.07) is 7.05. The molecule has 116 valence electrons. The Morgan fingerprint density at radius 3 is 3.05 bits per heavy atom. The number of likely N-dealkylation sites (tertiary alicyclic amines) is 1. The molecule has 2 aromatic rings. The minimum absolute atomic E-state index is 0.121. The van der Waals surface area contributed by atoms with Gasteiger partial charge in [-0.3, -0.25) is 14.7 Å². The van der Waals surface area contributed by atoms with Crippen molar-refractivity contribution in [2.75, 3.05) is 6.54 Å². The van der Waals surface area contributed by atoms with E-state index in [4.69, 9.17) is 5.73 Å². The summed E-state index contributed by atoms with van der Waals surface area (Å²) in [4.78, 5) is 18.0. The van der Waals surface area contributed by atoms with E-state index >= 15 is 0 Å². The molecule has 0 spiro atoms. The smallest absolute Gasteiger partial charge is 0.221 e. The summed E-state index contributed by atoms with van der Waals surface area (Å²) in [5.41, 5.74) is 7.12. The van der Waals surface area contributed by atoms with E-state index in [1.165, 1.54) is 12.1 Å². The highest BCUT2D eigenvalue weighted by Gasteiger charge is 2.29. The average Bonchev–Trinajstić information content (AvgIpc) is 2.49. The van der Waals surface area contributed by atoms with Crippen LogP contribution < -0.4 is 5.73 Å². The summed E-state index contributed by atoms with van der Waals surface area (Å²) in [6.07, 6.45) is 3.47. The number of primary amides is 1. The van der Waals surface area contributed by atoms with Crippen LogP contribution in [0.2, 0.25) is 0 Å². The van der Waals surface area contributed by atoms with E-state index in [1.807, 2.05) is 6.07 Å². The number of nitrogens with two attached hydrogens (primary N) is 1. The molecule has 1 aliphatic heterocycles. The van der Waals surface area contributed by atoms with Gasteiger partial charge in [0, 0.05) is 30.7 Å². The number of hydrogen-bond acceptors (Lipinski definition) is 3. The van der Waals surface area contributed by atoms with Crippen LogP contribution in [0.1, 0.15) is 25.3 Å². The highest BCUT2D eigenvalue weighted by Crippen LogP contribution is 2.26. The molecule has 0 unspecified atom stereocenters. The van der Waals surface area contributed by atoms with Crippen molar-refractivity contribution in [3.05, 3.63) is 41.8 Å². The van der Waals surface area contributed by atoms with Gasteiger partial charge in [-0.05, 0) is 43.5 Å². The van der Waals surface area contributed by atoms with Crippen molar-refractivity contribution in [2.45, 2.75) is 32.4 Å². The summed E-state index contributed by atoms with van der Waals surface area (Å²) in [5, 5.41) is 0.800. The Bertz CT molecular complexity index is 703. The second kappa shape index (κ2) is 6.01. The summed E-state index contributed by atoms with van der Waals surface area (Å²) in [6.45, 7) is 3.34. The van der Waals surface area contributed by atoms with Crippen molar-refractivity contribution < 1.29 is 9.18 Å². The second-order valence-electron chi connectivity index (χ2n) is 6.10. The molecule has 0 aliphatic carbocycles. The van der Waals surface area contributed by atoms with Crippen LogP contribution in [-0.2, 0) is 11.3 Å². The Hall–Kier alpha value is -2.01. The lowest BCUT2D eigenvalue weighted by Gasteiger charge is -2.37. The Kier molecular flexibility index (Phi) is 4.07. The lowest BCUT2D eigenvalue weighted by Crippen LogP contribution is -2.45. The largest absolute Gasteiger partial charge is 0.369 e. The van der Waals surface area contributed by atoms with Crippen LogP contribution in [-0.4, -0.2) is 28.4 Å². The van der Waals surface area contributed by atoms with Gasteiger partial charge in [-0.25, -0.2) is 4.39 Å². The minimum atomic E-state index is -0.258. The van der Waals surface area contributed by atoms with Crippen LogP contribution in [0.3, 0.4) is 0 Å². The number of fused-ring (bicyclic) bond motifs is 1. The zero-order valence-electron chi connectivity index (χ0n) is 12.6. The third-order valence-electron chi connectivity index (χ3n) is 4.54. The molecule has 1 aromatic carbocycles. The summed E-state index contributed by atoms with van der Waals surface area (Å²) < 4.78 is 13.8. The Balaban J connectivity index is 1.90. The monoisotopic (exact) mass is 301 g/mol. The highest BCUT2D eigenvalue weighted by molar-refractivity contribution is 5.81. The zero-order valence-corrected chi connectivity index (χ0v) is 12.6. The topological polar surface area (TPSA) is 59.2 Å². The lowest BCUT2D eigenvalue weighted by molar-refractivity contribution is -0.124. The first-order chi connectivity index (χ1) is 10.5. The van der Waals surface area contributed by atoms with Crippen LogP contribution in [0.15, 0.2) is 30.5 Å². The van der Waals surface area contributed by atoms with Crippen LogP contribution in [0, 0.1) is 11.7 Å². The Labute approximate surface area is 129 Å². The molecule has 2 heterocycles. The van der Waals surface area contributed by atoms with Gasteiger partial charge < -0.3 is 5.73 Å². The number of carbonyl (C=O) groups is 1. The van der Waals surface area contributed by atoms with Crippen molar-refractivity contribution in [3.8, 4) is 0 Å². The number of nitrogens with zero attached hydrogens (tertiary/aromatic N) is 2. The number of pyridine rings is 1. The fourth-order valence-electron chi connectivity index (χ4n) is 3.20. The second-order valence-corrected chi connectivity index (χ2v) is 6.10. The van der Waals surface area contributed by atoms with Gasteiger partial charge in [0.1, 0.15) is 5.82 Å². The Morgan fingerprint density at radius 1 is 1.45 bits per heavy atom. The van der Waals surface area contributed by atoms with Gasteiger partial charge in [-0.1, -0.05) is 6.07 Å². The maximum atomic E-state index is 13.8. The van der Waals surface area contributed by atoms with Crippen molar-refractivity contribution >= 4 is 16.8 Å². The van der Waals surface area contributed by atoms with Gasteiger partial charge >= 0.3 is 0 Å². The first-order valence-corrected chi connectivity index (χ1v) is 7.61. The molecule has 1 saturated heterocycles. The van der Waals surface area contributed by atoms with Crippen LogP contribution in [0.25, 0.3) is 10.9 Å². The van der Waals surface area contributed by atoms with Gasteiger partial charge in [0.2, 0.25) is 5.91 Å². The van der Waals surface area contributed by atoms with Crippen molar-refractivity contribution in [1.82, 2.24) is 9.88 Å². The quantitative estimate of drug-likeness (QED) is 0.947. The predicted molar refractivity (Wildman–Crippen MR) is 83.5 cm³/mol. The molecular weight excluding hydrogens is 281 g/mol. The zero-order chi connectivity index (χ0) is 15.7. The van der Waals surface area contributed by atoms with Gasteiger partial charge in [0.05, 0.1) is 11.4 Å². The van der Waals surface area contributed by atoms with Gasteiger partial charge in [0.25, 0.3) is 0 Å². The van der Waals surface area contributed by atoms with E-state index in [1.54, 1.807) is 12.3 Å². The predicted octanol–water partition coefficient (Wildman–Crippen LogP) is 2.46. The number of piperidine rings is 1. The van der Waals surface area contributed by atoms with Crippen LogP contribution in [0.5, 0.6) is 0 Å². The standard InChI is InChI=1S/C17H20FN3O/c1-11-4-5-13(17(19)22)9-21(11)10-14-8-15(18)7-12-3-2-6-20-16(12)14/h2-3,6-8,11,13H,4-5,9-10H2,1H3,(H2,19,22)/t11-,13-/m0/s1. The minimum Gasteiger partial charge on any atom is -0.369 e. The fourth-order valence-corrected chi connectivity index (χ4v) is 3.20. The molecule has 0 bridgehead atoms. The van der Waals surface area contributed by atoms with E-state index in [0.29, 0.717) is 19.1 Å². The molecule has 3 rings (SSSR count). The fraction of sp³-hybridized carbons (Fsp3) is 0.412. The molecular formula is C17H20FN3O. The van der Waals surface area contributed by atoms with E-state index in [0.717, 1.165) is 29.3 Å². The molecule has 1 aliphatic rings. The molecule has 0 radical (unpaired) electrons. The molecule has 0 saturated carbocycles. The maximum absolute atomic E-state index is 13.8. The Morgan fingerprint density at radius 2 is 2.27 bits per heavy atom. The van der Waals surface area contributed by atoms with E-state index in [2.05, 4.69) is 16.8 Å². The van der Waals surface area contributed by atoms with Crippen molar-refractivity contribution in [1.29, 1.82) is 0 Å². The SMILES string of the molecule is C[C@H]1CC[C@H](C(N)=O)CN1Cc1cc(F)cc2cccnc12. The number of carbonyl (C=O) groups excluding carboxylic acids is 1. The molecule has 1 fully saturated rings. The lowest BCUT2D eigenvalue weighted by atomic mass is 9.92. The number of rotatable bonds is 3. The number of hydrogen-bond donors (Lipinski definition) is 1. The third kappa shape index (κ3) is 2.95. The van der Waals surface area contributed by atoms with Gasteiger partial charge in [0.15, 0.2) is 0 Å². The van der Waals surface area contributed by atoms with Crippen molar-refractivity contribution in [3.63, 3.8) is 0 Å². The van der Waals surface area contributed by atoms with Gasteiger partial charge in [-0.15, -0.1) is 0 Å². The maximum Gasteiger partial charge on any atom is 0.221 e. The molecule has 22 heavy (non-hydrogen) atoms. The van der Waals surface area contributed by atoms with Gasteiger partial charge in [-0.2, -0.15) is 0 Å².